The fraction of sp³-hybridized carbons (Fsp3) is 0. The Bertz CT molecular complexity index is 1390. The van der Waals surface area contributed by atoms with Gasteiger partial charge in [-0.2, -0.15) is 0 Å². The van der Waals surface area contributed by atoms with Crippen molar-refractivity contribution < 1.29 is 4.92 Å². The molecule has 0 spiro atoms. The zero-order chi connectivity index (χ0) is 19.1. The lowest BCUT2D eigenvalue weighted by molar-refractivity contribution is -0.384. The highest BCUT2D eigenvalue weighted by molar-refractivity contribution is 5.84. The molecule has 3 aromatic carbocycles. The predicted octanol–water partition coefficient (Wildman–Crippen LogP) is 4.01. The minimum absolute atomic E-state index is 0.0492. The first-order valence-electron chi connectivity index (χ1n) is 8.79. The quantitative estimate of drug-likeness (QED) is 0.357. The molecule has 6 nitrogen and oxygen atoms in total. The molecule has 0 aliphatic rings. The summed E-state index contributed by atoms with van der Waals surface area (Å²) in [6, 6.07) is 24.3. The van der Waals surface area contributed by atoms with Crippen molar-refractivity contribution in [3.05, 3.63) is 99.9 Å². The number of nitrogens with zero attached hydrogens (tertiary/aromatic N) is 4. The number of aromatic nitrogens is 3. The second kappa shape index (κ2) is 6.28. The standard InChI is InChI=1S/C22H14N4O2/c27-26(28)17-10-6-7-15(13-17)14-19-22-23-18-11-4-5-12-20(18)25(22)21(24-19)16-8-2-1-3-9-16/h1-14H. The highest BCUT2D eigenvalue weighted by Crippen LogP contribution is 2.23. The summed E-state index contributed by atoms with van der Waals surface area (Å²) >= 11 is 0. The van der Waals surface area contributed by atoms with Crippen LogP contribution in [0.15, 0.2) is 78.9 Å². The first kappa shape index (κ1) is 16.1. The third kappa shape index (κ3) is 2.59. The summed E-state index contributed by atoms with van der Waals surface area (Å²) in [5.74, 6) is 0.793. The van der Waals surface area contributed by atoms with Crippen LogP contribution < -0.4 is 5.35 Å². The fourth-order valence-corrected chi connectivity index (χ4v) is 3.39. The third-order valence-corrected chi connectivity index (χ3v) is 4.64. The first-order chi connectivity index (χ1) is 13.7. The Hall–Kier alpha value is -4.06. The number of hydrogen-bond acceptors (Lipinski definition) is 4. The second-order valence-corrected chi connectivity index (χ2v) is 6.44. The van der Waals surface area contributed by atoms with Gasteiger partial charge in [-0.3, -0.25) is 14.5 Å². The van der Waals surface area contributed by atoms with E-state index in [0.29, 0.717) is 10.9 Å². The molecule has 0 aliphatic carbocycles. The molecule has 0 N–H and O–H groups in total. The van der Waals surface area contributed by atoms with Crippen LogP contribution in [0.2, 0.25) is 0 Å². The van der Waals surface area contributed by atoms with Gasteiger partial charge in [-0.05, 0) is 23.8 Å². The van der Waals surface area contributed by atoms with Crippen molar-refractivity contribution in [2.24, 2.45) is 0 Å². The van der Waals surface area contributed by atoms with E-state index in [2.05, 4.69) is 0 Å². The van der Waals surface area contributed by atoms with Gasteiger partial charge in [0.25, 0.3) is 5.69 Å². The molecule has 0 saturated heterocycles. The molecule has 0 bridgehead atoms. The van der Waals surface area contributed by atoms with E-state index in [4.69, 9.17) is 9.97 Å². The molecule has 0 amide bonds. The van der Waals surface area contributed by atoms with Crippen molar-refractivity contribution in [2.45, 2.75) is 0 Å². The number of non-ortho nitro benzene ring substituents is 1. The van der Waals surface area contributed by atoms with Gasteiger partial charge in [0.2, 0.25) is 0 Å². The summed E-state index contributed by atoms with van der Waals surface area (Å²) in [5.41, 5.74) is 4.32. The van der Waals surface area contributed by atoms with Crippen molar-refractivity contribution >= 4 is 28.4 Å². The van der Waals surface area contributed by atoms with Gasteiger partial charge in [-0.1, -0.05) is 54.6 Å². The molecule has 0 saturated carbocycles. The lowest BCUT2D eigenvalue weighted by Gasteiger charge is -1.99. The summed E-state index contributed by atoms with van der Waals surface area (Å²) in [7, 11) is 0. The molecule has 0 atom stereocenters. The minimum atomic E-state index is -0.398. The van der Waals surface area contributed by atoms with Gasteiger partial charge in [-0.15, -0.1) is 0 Å². The summed E-state index contributed by atoms with van der Waals surface area (Å²) in [4.78, 5) is 20.3. The van der Waals surface area contributed by atoms with E-state index in [-0.39, 0.29) is 5.69 Å². The van der Waals surface area contributed by atoms with E-state index in [1.54, 1.807) is 6.07 Å². The number of rotatable bonds is 3. The van der Waals surface area contributed by atoms with Crippen LogP contribution in [-0.2, 0) is 0 Å². The van der Waals surface area contributed by atoms with Crippen LogP contribution in [-0.4, -0.2) is 19.3 Å². The van der Waals surface area contributed by atoms with E-state index in [1.807, 2.05) is 71.1 Å². The van der Waals surface area contributed by atoms with Crippen LogP contribution in [0.5, 0.6) is 0 Å². The van der Waals surface area contributed by atoms with Crippen LogP contribution in [0.3, 0.4) is 0 Å². The average molecular weight is 366 g/mol. The predicted molar refractivity (Wildman–Crippen MR) is 108 cm³/mol. The Morgan fingerprint density at radius 1 is 0.893 bits per heavy atom. The van der Waals surface area contributed by atoms with Crippen LogP contribution in [0.25, 0.3) is 34.1 Å². The van der Waals surface area contributed by atoms with Crippen LogP contribution in [0.4, 0.5) is 5.69 Å². The molecular formula is C22H14N4O2. The maximum atomic E-state index is 11.1. The van der Waals surface area contributed by atoms with E-state index in [9.17, 15) is 10.1 Å². The van der Waals surface area contributed by atoms with Gasteiger partial charge in [0, 0.05) is 17.7 Å². The number of nitro benzene ring substituents is 1. The van der Waals surface area contributed by atoms with Gasteiger partial charge >= 0.3 is 0 Å². The topological polar surface area (TPSA) is 73.3 Å². The molecule has 0 unspecified atom stereocenters. The van der Waals surface area contributed by atoms with Crippen molar-refractivity contribution in [1.82, 2.24) is 14.4 Å². The summed E-state index contributed by atoms with van der Waals surface area (Å²) < 4.78 is 2.04. The first-order valence-corrected chi connectivity index (χ1v) is 8.79. The van der Waals surface area contributed by atoms with Crippen LogP contribution in [0.1, 0.15) is 5.56 Å². The van der Waals surface area contributed by atoms with Crippen molar-refractivity contribution in [2.75, 3.05) is 0 Å². The van der Waals surface area contributed by atoms with Gasteiger partial charge in [0.1, 0.15) is 11.2 Å². The molecule has 0 fully saturated rings. The maximum Gasteiger partial charge on any atom is 0.270 e. The van der Waals surface area contributed by atoms with Crippen molar-refractivity contribution in [3.8, 4) is 11.4 Å². The molecule has 28 heavy (non-hydrogen) atoms. The molecule has 0 radical (unpaired) electrons. The molecule has 0 aliphatic heterocycles. The molecule has 5 aromatic rings. The Balaban J connectivity index is 1.83. The minimum Gasteiger partial charge on any atom is -0.274 e. The normalized spacial score (nSPS) is 12.1. The Labute approximate surface area is 159 Å². The highest BCUT2D eigenvalue weighted by atomic mass is 16.6. The summed E-state index contributed by atoms with van der Waals surface area (Å²) in [6.45, 7) is 0. The number of hydrogen-bond donors (Lipinski definition) is 0. The van der Waals surface area contributed by atoms with E-state index < -0.39 is 4.92 Å². The Morgan fingerprint density at radius 3 is 2.50 bits per heavy atom. The Morgan fingerprint density at radius 2 is 1.68 bits per heavy atom. The lowest BCUT2D eigenvalue weighted by atomic mass is 10.2. The van der Waals surface area contributed by atoms with Crippen LogP contribution in [0, 0.1) is 10.1 Å². The maximum absolute atomic E-state index is 11.1. The number of nitro groups is 1. The lowest BCUT2D eigenvalue weighted by Crippen LogP contribution is -2.03. The molecule has 6 heteroatoms. The molecule has 5 rings (SSSR count). The number of fused-ring (bicyclic) bond motifs is 3. The van der Waals surface area contributed by atoms with Crippen molar-refractivity contribution in [1.29, 1.82) is 0 Å². The van der Waals surface area contributed by atoms with E-state index in [1.165, 1.54) is 12.1 Å². The largest absolute Gasteiger partial charge is 0.274 e. The van der Waals surface area contributed by atoms with Crippen molar-refractivity contribution in [3.63, 3.8) is 0 Å². The second-order valence-electron chi connectivity index (χ2n) is 6.44. The fourth-order valence-electron chi connectivity index (χ4n) is 3.39. The van der Waals surface area contributed by atoms with E-state index in [0.717, 1.165) is 28.1 Å². The highest BCUT2D eigenvalue weighted by Gasteiger charge is 2.15. The number of para-hydroxylation sites is 2. The summed E-state index contributed by atoms with van der Waals surface area (Å²) in [5, 5.41) is 11.8. The smallest absolute Gasteiger partial charge is 0.270 e. The van der Waals surface area contributed by atoms with Gasteiger partial charge in [-0.25, -0.2) is 9.97 Å². The Kier molecular flexibility index (Phi) is 3.62. The monoisotopic (exact) mass is 366 g/mol. The molecular weight excluding hydrogens is 352 g/mol. The van der Waals surface area contributed by atoms with Crippen LogP contribution >= 0.6 is 0 Å². The number of benzene rings is 3. The van der Waals surface area contributed by atoms with Gasteiger partial charge in [0.05, 0.1) is 16.0 Å². The third-order valence-electron chi connectivity index (χ3n) is 4.64. The zero-order valence-corrected chi connectivity index (χ0v) is 14.7. The zero-order valence-electron chi connectivity index (χ0n) is 14.7. The SMILES string of the molecule is O=[N+]([O-])c1cccc(C=c2nc(-c3ccccc3)n3c2nc2ccccc23)c1. The van der Waals surface area contributed by atoms with Gasteiger partial charge in [0.15, 0.2) is 5.65 Å². The van der Waals surface area contributed by atoms with E-state index >= 15 is 0 Å². The molecule has 2 heterocycles. The average Bonchev–Trinajstić information content (AvgIpc) is 3.27. The summed E-state index contributed by atoms with van der Waals surface area (Å²) in [6.07, 6.45) is 1.83. The molecule has 2 aromatic heterocycles. The number of imidazole rings is 2. The van der Waals surface area contributed by atoms with Gasteiger partial charge < -0.3 is 0 Å². The molecule has 134 valence electrons.